The second-order valence-corrected chi connectivity index (χ2v) is 2.55. The molecular weight excluding hydrogens is 132 g/mol. The van der Waals surface area contributed by atoms with Crippen LogP contribution < -0.4 is 0 Å². The zero-order valence-electron chi connectivity index (χ0n) is 6.50. The van der Waals surface area contributed by atoms with Gasteiger partial charge >= 0.3 is 0 Å². The molecule has 0 bridgehead atoms. The summed E-state index contributed by atoms with van der Waals surface area (Å²) in [6.07, 6.45) is 0.384. The lowest BCUT2D eigenvalue weighted by Gasteiger charge is -2.26. The quantitative estimate of drug-likeness (QED) is 0.565. The summed E-state index contributed by atoms with van der Waals surface area (Å²) in [7, 11) is 1.67. The van der Waals surface area contributed by atoms with Gasteiger partial charge in [0.25, 0.3) is 0 Å². The van der Waals surface area contributed by atoms with Crippen LogP contribution in [-0.4, -0.2) is 39.1 Å². The number of hydrogen-bond acceptors (Lipinski definition) is 3. The first-order chi connectivity index (χ1) is 4.83. The zero-order valence-corrected chi connectivity index (χ0v) is 6.50. The number of methoxy groups -OCH3 is 1. The average molecular weight is 146 g/mol. The molecule has 0 aliphatic carbocycles. The van der Waals surface area contributed by atoms with Crippen molar-refractivity contribution in [3.63, 3.8) is 0 Å². The number of ether oxygens (including phenoxy) is 3. The Morgan fingerprint density at radius 1 is 1.40 bits per heavy atom. The minimum atomic E-state index is 0.140. The highest BCUT2D eigenvalue weighted by atomic mass is 16.6. The summed E-state index contributed by atoms with van der Waals surface area (Å²) in [4.78, 5) is 0. The van der Waals surface area contributed by atoms with Crippen LogP contribution in [0.2, 0.25) is 0 Å². The molecule has 1 aliphatic rings. The van der Waals surface area contributed by atoms with E-state index in [-0.39, 0.29) is 12.2 Å². The van der Waals surface area contributed by atoms with Gasteiger partial charge in [-0.05, 0) is 6.92 Å². The standard InChI is InChI=1S/C7H14O3/c1-6-3-10-7(4-8-2)5-9-6/h6-7H,3-5H2,1-2H3/t6-,7+/m0/s1. The summed E-state index contributed by atoms with van der Waals surface area (Å²) in [5, 5.41) is 0. The molecule has 60 valence electrons. The molecule has 3 nitrogen and oxygen atoms in total. The summed E-state index contributed by atoms with van der Waals surface area (Å²) in [5.41, 5.74) is 0. The summed E-state index contributed by atoms with van der Waals surface area (Å²) in [6, 6.07) is 0. The Morgan fingerprint density at radius 3 is 2.70 bits per heavy atom. The number of rotatable bonds is 2. The SMILES string of the molecule is COC[C@@H]1CO[C@@H](C)CO1. The van der Waals surface area contributed by atoms with Crippen molar-refractivity contribution in [2.75, 3.05) is 26.9 Å². The first-order valence-electron chi connectivity index (χ1n) is 3.55. The highest BCUT2D eigenvalue weighted by Gasteiger charge is 2.18. The second kappa shape index (κ2) is 3.91. The van der Waals surface area contributed by atoms with Crippen LogP contribution in [-0.2, 0) is 14.2 Å². The normalized spacial score (nSPS) is 34.2. The molecule has 3 heteroatoms. The second-order valence-electron chi connectivity index (χ2n) is 2.55. The van der Waals surface area contributed by atoms with E-state index in [1.165, 1.54) is 0 Å². The lowest BCUT2D eigenvalue weighted by atomic mass is 10.3. The smallest absolute Gasteiger partial charge is 0.104 e. The minimum Gasteiger partial charge on any atom is -0.382 e. The summed E-state index contributed by atoms with van der Waals surface area (Å²) >= 11 is 0. The Balaban J connectivity index is 2.13. The Kier molecular flexibility index (Phi) is 3.12. The van der Waals surface area contributed by atoms with Gasteiger partial charge in [0.1, 0.15) is 6.10 Å². The lowest BCUT2D eigenvalue weighted by molar-refractivity contribution is -0.142. The lowest BCUT2D eigenvalue weighted by Crippen LogP contribution is -2.36. The summed E-state index contributed by atoms with van der Waals surface area (Å²) in [5.74, 6) is 0. The van der Waals surface area contributed by atoms with Gasteiger partial charge in [-0.1, -0.05) is 0 Å². The predicted molar refractivity (Wildman–Crippen MR) is 37.0 cm³/mol. The van der Waals surface area contributed by atoms with Crippen LogP contribution in [0.4, 0.5) is 0 Å². The van der Waals surface area contributed by atoms with Crippen LogP contribution in [0, 0.1) is 0 Å². The van der Waals surface area contributed by atoms with Crippen LogP contribution in [0.5, 0.6) is 0 Å². The maximum Gasteiger partial charge on any atom is 0.104 e. The molecule has 0 radical (unpaired) electrons. The van der Waals surface area contributed by atoms with Crippen LogP contribution in [0.15, 0.2) is 0 Å². The van der Waals surface area contributed by atoms with Crippen molar-refractivity contribution in [3.05, 3.63) is 0 Å². The molecule has 0 aromatic rings. The van der Waals surface area contributed by atoms with Crippen LogP contribution >= 0.6 is 0 Å². The Morgan fingerprint density at radius 2 is 2.20 bits per heavy atom. The van der Waals surface area contributed by atoms with E-state index < -0.39 is 0 Å². The molecule has 0 saturated carbocycles. The predicted octanol–water partition coefficient (Wildman–Crippen LogP) is 0.437. The molecule has 1 heterocycles. The fourth-order valence-electron chi connectivity index (χ4n) is 0.922. The molecule has 0 aromatic heterocycles. The van der Waals surface area contributed by atoms with Gasteiger partial charge in [0.05, 0.1) is 25.9 Å². The van der Waals surface area contributed by atoms with Crippen molar-refractivity contribution >= 4 is 0 Å². The largest absolute Gasteiger partial charge is 0.382 e. The highest BCUT2D eigenvalue weighted by molar-refractivity contribution is 4.63. The molecule has 0 aromatic carbocycles. The van der Waals surface area contributed by atoms with Crippen molar-refractivity contribution < 1.29 is 14.2 Å². The van der Waals surface area contributed by atoms with Gasteiger partial charge in [-0.2, -0.15) is 0 Å². The fourth-order valence-corrected chi connectivity index (χ4v) is 0.922. The van der Waals surface area contributed by atoms with E-state index in [0.29, 0.717) is 19.8 Å². The van der Waals surface area contributed by atoms with Crippen molar-refractivity contribution in [1.82, 2.24) is 0 Å². The third-order valence-corrected chi connectivity index (χ3v) is 1.49. The van der Waals surface area contributed by atoms with E-state index in [2.05, 4.69) is 0 Å². The summed E-state index contributed by atoms with van der Waals surface area (Å²) < 4.78 is 15.6. The number of hydrogen-bond donors (Lipinski definition) is 0. The molecule has 0 amide bonds. The molecule has 1 fully saturated rings. The van der Waals surface area contributed by atoms with Crippen molar-refractivity contribution in [2.24, 2.45) is 0 Å². The van der Waals surface area contributed by atoms with Crippen LogP contribution in [0.3, 0.4) is 0 Å². The van der Waals surface area contributed by atoms with E-state index in [4.69, 9.17) is 14.2 Å². The van der Waals surface area contributed by atoms with Crippen molar-refractivity contribution in [2.45, 2.75) is 19.1 Å². The van der Waals surface area contributed by atoms with E-state index in [0.717, 1.165) is 0 Å². The third-order valence-electron chi connectivity index (χ3n) is 1.49. The maximum absolute atomic E-state index is 5.38. The zero-order chi connectivity index (χ0) is 7.40. The van der Waals surface area contributed by atoms with Crippen molar-refractivity contribution in [3.8, 4) is 0 Å². The van der Waals surface area contributed by atoms with Gasteiger partial charge in [0.15, 0.2) is 0 Å². The molecule has 1 aliphatic heterocycles. The van der Waals surface area contributed by atoms with Gasteiger partial charge in [0, 0.05) is 7.11 Å². The van der Waals surface area contributed by atoms with E-state index in [1.807, 2.05) is 6.92 Å². The van der Waals surface area contributed by atoms with Crippen LogP contribution in [0.25, 0.3) is 0 Å². The minimum absolute atomic E-state index is 0.140. The molecule has 1 saturated heterocycles. The monoisotopic (exact) mass is 146 g/mol. The average Bonchev–Trinajstić information content (AvgIpc) is 1.95. The van der Waals surface area contributed by atoms with Crippen LogP contribution in [0.1, 0.15) is 6.92 Å². The molecule has 0 N–H and O–H groups in total. The summed E-state index contributed by atoms with van der Waals surface area (Å²) in [6.45, 7) is 3.98. The maximum atomic E-state index is 5.38. The van der Waals surface area contributed by atoms with E-state index in [9.17, 15) is 0 Å². The molecule has 0 spiro atoms. The first kappa shape index (κ1) is 7.98. The van der Waals surface area contributed by atoms with Gasteiger partial charge in [-0.25, -0.2) is 0 Å². The topological polar surface area (TPSA) is 27.7 Å². The first-order valence-corrected chi connectivity index (χ1v) is 3.55. The Labute approximate surface area is 61.3 Å². The third kappa shape index (κ3) is 2.25. The molecule has 1 rings (SSSR count). The molecular formula is C7H14O3. The highest BCUT2D eigenvalue weighted by Crippen LogP contribution is 2.06. The van der Waals surface area contributed by atoms with Gasteiger partial charge in [0.2, 0.25) is 0 Å². The van der Waals surface area contributed by atoms with E-state index >= 15 is 0 Å². The van der Waals surface area contributed by atoms with Crippen molar-refractivity contribution in [1.29, 1.82) is 0 Å². The molecule has 10 heavy (non-hydrogen) atoms. The van der Waals surface area contributed by atoms with Gasteiger partial charge in [-0.15, -0.1) is 0 Å². The van der Waals surface area contributed by atoms with Gasteiger partial charge in [-0.3, -0.25) is 0 Å². The molecule has 0 unspecified atom stereocenters. The van der Waals surface area contributed by atoms with E-state index in [1.54, 1.807) is 7.11 Å². The fraction of sp³-hybridized carbons (Fsp3) is 1.00. The Hall–Kier alpha value is -0.120. The molecule has 2 atom stereocenters. The Bertz CT molecular complexity index is 86.9. The van der Waals surface area contributed by atoms with Gasteiger partial charge < -0.3 is 14.2 Å².